The number of aryl methyl sites for hydroxylation is 1. The number of hydrogen-bond acceptors (Lipinski definition) is 10. The molecule has 0 aliphatic carbocycles. The van der Waals surface area contributed by atoms with Gasteiger partial charge in [-0.2, -0.15) is 4.68 Å². The summed E-state index contributed by atoms with van der Waals surface area (Å²) in [7, 11) is 0. The molecule has 0 bridgehead atoms. The maximum atomic E-state index is 14.6. The third-order valence-electron chi connectivity index (χ3n) is 6.01. The van der Waals surface area contributed by atoms with Gasteiger partial charge in [0.05, 0.1) is 0 Å². The van der Waals surface area contributed by atoms with E-state index in [9.17, 15) is 4.39 Å². The van der Waals surface area contributed by atoms with Crippen LogP contribution in [-0.2, 0) is 6.42 Å². The lowest BCUT2D eigenvalue weighted by Crippen LogP contribution is -2.30. The van der Waals surface area contributed by atoms with Crippen LogP contribution in [0.4, 0.5) is 21.8 Å². The molecule has 12 nitrogen and oxygen atoms in total. The summed E-state index contributed by atoms with van der Waals surface area (Å²) in [6, 6.07) is 4.66. The Bertz CT molecular complexity index is 1540. The topological polar surface area (TPSA) is 128 Å². The van der Waals surface area contributed by atoms with E-state index in [1.807, 2.05) is 23.0 Å². The molecule has 0 spiro atoms. The van der Waals surface area contributed by atoms with Crippen LogP contribution in [0.2, 0.25) is 0 Å². The Balaban J connectivity index is 1.23. The van der Waals surface area contributed by atoms with Crippen molar-refractivity contribution in [3.05, 3.63) is 72.6 Å². The highest BCUT2D eigenvalue weighted by Crippen LogP contribution is 2.26. The molecule has 1 aliphatic rings. The number of hydrogen-bond donors (Lipinski definition) is 1. The minimum absolute atomic E-state index is 0.242. The van der Waals surface area contributed by atoms with E-state index in [4.69, 9.17) is 0 Å². The van der Waals surface area contributed by atoms with Crippen LogP contribution in [0.5, 0.6) is 0 Å². The average Bonchev–Trinajstić information content (AvgIpc) is 3.60. The van der Waals surface area contributed by atoms with Crippen LogP contribution < -0.4 is 10.2 Å². The molecule has 1 aliphatic heterocycles. The number of halogens is 1. The van der Waals surface area contributed by atoms with Crippen molar-refractivity contribution >= 4 is 28.7 Å². The molecule has 5 heterocycles. The molecule has 6 rings (SSSR count). The second-order valence-corrected chi connectivity index (χ2v) is 8.21. The molecular formula is C23H21FN12. The number of nitrogens with one attached hydrogen (secondary N) is 1. The zero-order chi connectivity index (χ0) is 24.5. The second kappa shape index (κ2) is 9.09. The molecule has 0 atom stereocenters. The number of rotatable bonds is 6. The van der Waals surface area contributed by atoms with Gasteiger partial charge < -0.3 is 10.2 Å². The van der Waals surface area contributed by atoms with Gasteiger partial charge >= 0.3 is 0 Å². The molecule has 0 radical (unpaired) electrons. The molecule has 180 valence electrons. The van der Waals surface area contributed by atoms with Crippen LogP contribution in [0, 0.1) is 5.82 Å². The smallest absolute Gasteiger partial charge is 0.225 e. The van der Waals surface area contributed by atoms with Crippen molar-refractivity contribution in [1.82, 2.24) is 49.8 Å². The van der Waals surface area contributed by atoms with Crippen molar-refractivity contribution in [2.45, 2.75) is 19.8 Å². The van der Waals surface area contributed by atoms with E-state index in [2.05, 4.69) is 63.9 Å². The third-order valence-corrected chi connectivity index (χ3v) is 6.01. The largest absolute Gasteiger partial charge is 0.337 e. The number of benzene rings is 1. The molecule has 0 fully saturated rings. The fraction of sp³-hybridized carbons (Fsp3) is 0.217. The van der Waals surface area contributed by atoms with E-state index in [-0.39, 0.29) is 5.69 Å². The van der Waals surface area contributed by atoms with E-state index in [0.29, 0.717) is 23.7 Å². The van der Waals surface area contributed by atoms with Crippen molar-refractivity contribution in [2.75, 3.05) is 23.3 Å². The fourth-order valence-corrected chi connectivity index (χ4v) is 4.06. The van der Waals surface area contributed by atoms with Crippen LogP contribution in [-0.4, -0.2) is 62.8 Å². The maximum absolute atomic E-state index is 14.6. The first-order valence-corrected chi connectivity index (χ1v) is 11.4. The predicted molar refractivity (Wildman–Crippen MR) is 129 cm³/mol. The molecular weight excluding hydrogens is 463 g/mol. The van der Waals surface area contributed by atoms with Crippen molar-refractivity contribution in [2.24, 2.45) is 0 Å². The van der Waals surface area contributed by atoms with Gasteiger partial charge in [0.2, 0.25) is 11.6 Å². The van der Waals surface area contributed by atoms with Crippen LogP contribution in [0.15, 0.2) is 55.4 Å². The summed E-state index contributed by atoms with van der Waals surface area (Å²) >= 11 is 0. The lowest BCUT2D eigenvalue weighted by Gasteiger charge is -2.25. The Hall–Kier alpha value is -4.81. The van der Waals surface area contributed by atoms with E-state index in [1.165, 1.54) is 17.1 Å². The summed E-state index contributed by atoms with van der Waals surface area (Å²) in [6.45, 7) is 3.54. The molecule has 13 heteroatoms. The third kappa shape index (κ3) is 4.00. The number of anilines is 3. The van der Waals surface area contributed by atoms with E-state index >= 15 is 0 Å². The Morgan fingerprint density at radius 3 is 2.72 bits per heavy atom. The SMILES string of the molecule is CCc1cnc(N2CC=C(c3nnc4c(Nc5ccc(-n6cnnn6)c(F)c5)nccn34)CC2)nc1. The molecule has 1 N–H and O–H groups in total. The first-order valence-electron chi connectivity index (χ1n) is 11.4. The summed E-state index contributed by atoms with van der Waals surface area (Å²) < 4.78 is 17.8. The van der Waals surface area contributed by atoms with Gasteiger partial charge in [-0.25, -0.2) is 19.3 Å². The Kier molecular flexibility index (Phi) is 5.48. The van der Waals surface area contributed by atoms with E-state index in [1.54, 1.807) is 18.3 Å². The first-order chi connectivity index (χ1) is 17.7. The highest BCUT2D eigenvalue weighted by atomic mass is 19.1. The molecule has 36 heavy (non-hydrogen) atoms. The lowest BCUT2D eigenvalue weighted by atomic mass is 10.1. The van der Waals surface area contributed by atoms with Crippen LogP contribution in [0.25, 0.3) is 16.9 Å². The Morgan fingerprint density at radius 2 is 2.00 bits per heavy atom. The van der Waals surface area contributed by atoms with Crippen LogP contribution in [0.1, 0.15) is 24.7 Å². The van der Waals surface area contributed by atoms with Gasteiger partial charge in [0.25, 0.3) is 0 Å². The molecule has 0 saturated heterocycles. The highest BCUT2D eigenvalue weighted by molar-refractivity contribution is 5.73. The molecule has 5 aromatic rings. The molecule has 4 aromatic heterocycles. The first kappa shape index (κ1) is 21.7. The molecule has 0 saturated carbocycles. The van der Waals surface area contributed by atoms with Crippen molar-refractivity contribution in [1.29, 1.82) is 0 Å². The number of tetrazole rings is 1. The Labute approximate surface area is 204 Å². The van der Waals surface area contributed by atoms with Gasteiger partial charge in [-0.15, -0.1) is 15.3 Å². The zero-order valence-corrected chi connectivity index (χ0v) is 19.3. The van der Waals surface area contributed by atoms with Crippen molar-refractivity contribution in [3.8, 4) is 5.69 Å². The number of fused-ring (bicyclic) bond motifs is 1. The average molecular weight is 485 g/mol. The van der Waals surface area contributed by atoms with E-state index in [0.717, 1.165) is 42.3 Å². The summed E-state index contributed by atoms with van der Waals surface area (Å²) in [5, 5.41) is 22.7. The van der Waals surface area contributed by atoms with Gasteiger partial charge in [-0.1, -0.05) is 13.0 Å². The molecule has 0 amide bonds. The summed E-state index contributed by atoms with van der Waals surface area (Å²) in [5.74, 6) is 1.46. The maximum Gasteiger partial charge on any atom is 0.225 e. The standard InChI is InChI=1S/C23H21FN12/c1-2-15-12-26-23(27-13-15)34-8-5-16(6-9-34)21-30-31-22-20(25-7-10-35(21)22)29-17-3-4-19(18(24)11-17)36-14-28-32-33-36/h3-5,7,10-14H,2,6,8-9H2,1H3,(H,25,29). The fourth-order valence-electron chi connectivity index (χ4n) is 4.06. The minimum atomic E-state index is -0.480. The monoisotopic (exact) mass is 484 g/mol. The van der Waals surface area contributed by atoms with Crippen LogP contribution >= 0.6 is 0 Å². The molecule has 1 aromatic carbocycles. The van der Waals surface area contributed by atoms with Crippen LogP contribution in [0.3, 0.4) is 0 Å². The quantitative estimate of drug-likeness (QED) is 0.384. The minimum Gasteiger partial charge on any atom is -0.337 e. The zero-order valence-electron chi connectivity index (χ0n) is 19.3. The summed E-state index contributed by atoms with van der Waals surface area (Å²) in [4.78, 5) is 15.5. The predicted octanol–water partition coefficient (Wildman–Crippen LogP) is 2.63. The number of nitrogens with zero attached hydrogens (tertiary/aromatic N) is 11. The van der Waals surface area contributed by atoms with Gasteiger partial charge in [0, 0.05) is 43.6 Å². The van der Waals surface area contributed by atoms with Crippen molar-refractivity contribution < 1.29 is 4.39 Å². The number of aromatic nitrogens is 10. The summed E-state index contributed by atoms with van der Waals surface area (Å²) in [6.07, 6.45) is 12.4. The second-order valence-electron chi connectivity index (χ2n) is 8.21. The van der Waals surface area contributed by atoms with Crippen molar-refractivity contribution in [3.63, 3.8) is 0 Å². The normalized spacial score (nSPS) is 13.7. The highest BCUT2D eigenvalue weighted by Gasteiger charge is 2.20. The van der Waals surface area contributed by atoms with Gasteiger partial charge in [-0.3, -0.25) is 4.40 Å². The van der Waals surface area contributed by atoms with E-state index < -0.39 is 5.82 Å². The molecule has 0 unspecified atom stereocenters. The van der Waals surface area contributed by atoms with Gasteiger partial charge in [0.1, 0.15) is 12.0 Å². The Morgan fingerprint density at radius 1 is 1.11 bits per heavy atom. The van der Waals surface area contributed by atoms with Gasteiger partial charge in [0.15, 0.2) is 17.5 Å². The summed E-state index contributed by atoms with van der Waals surface area (Å²) in [5.41, 5.74) is 3.49. The lowest BCUT2D eigenvalue weighted by molar-refractivity contribution is 0.607. The van der Waals surface area contributed by atoms with Gasteiger partial charge in [-0.05, 0) is 52.6 Å².